The highest BCUT2D eigenvalue weighted by molar-refractivity contribution is 6.38. The molecule has 1 fully saturated rings. The third kappa shape index (κ3) is 2.04. The van der Waals surface area contributed by atoms with Gasteiger partial charge in [-0.2, -0.15) is 0 Å². The Kier molecular flexibility index (Phi) is 2.67. The van der Waals surface area contributed by atoms with Crippen LogP contribution in [0.25, 0.3) is 0 Å². The lowest BCUT2D eigenvalue weighted by Gasteiger charge is -2.32. The lowest BCUT2D eigenvalue weighted by Crippen LogP contribution is -2.45. The molecule has 0 amide bonds. The minimum absolute atomic E-state index is 0.232. The smallest absolute Gasteiger partial charge is 0.320 e. The second kappa shape index (κ2) is 3.36. The second-order valence-corrected chi connectivity index (χ2v) is 4.91. The number of nitrogens with zero attached hydrogens (tertiary/aromatic N) is 1. The molecular formula is C7H13NO2Si. The molecule has 0 unspecified atom stereocenters. The van der Waals surface area contributed by atoms with Gasteiger partial charge in [0.05, 0.1) is 0 Å². The third-order valence-corrected chi connectivity index (χ3v) is 3.54. The summed E-state index contributed by atoms with van der Waals surface area (Å²) < 4.78 is 0. The first kappa shape index (κ1) is 8.74. The molecular weight excluding hydrogens is 158 g/mol. The molecule has 1 aliphatic heterocycles. The molecule has 0 spiro atoms. The van der Waals surface area contributed by atoms with Crippen molar-refractivity contribution in [3.05, 3.63) is 0 Å². The van der Waals surface area contributed by atoms with Gasteiger partial charge in [0, 0.05) is 9.52 Å². The topological polar surface area (TPSA) is 40.5 Å². The second-order valence-electron chi connectivity index (χ2n) is 3.10. The summed E-state index contributed by atoms with van der Waals surface area (Å²) in [6.07, 6.45) is 0. The summed E-state index contributed by atoms with van der Waals surface area (Å²) in [5, 5.41) is 8.76. The largest absolute Gasteiger partial charge is 0.480 e. The van der Waals surface area contributed by atoms with Gasteiger partial charge in [-0.1, -0.05) is 6.92 Å². The third-order valence-electron chi connectivity index (χ3n) is 2.04. The lowest BCUT2D eigenvalue weighted by molar-refractivity contribution is -0.142. The summed E-state index contributed by atoms with van der Waals surface area (Å²) in [4.78, 5) is 12.6. The van der Waals surface area contributed by atoms with E-state index in [4.69, 9.17) is 5.11 Å². The maximum absolute atomic E-state index is 10.6. The van der Waals surface area contributed by atoms with Crippen molar-refractivity contribution in [2.75, 3.05) is 13.6 Å². The first-order valence-electron chi connectivity index (χ1n) is 3.77. The summed E-state index contributed by atoms with van der Waals surface area (Å²) in [6, 6.07) is 0.594. The number of hydrogen-bond donors (Lipinski definition) is 1. The number of carbonyl (C=O) groups is 1. The number of likely N-dealkylation sites (N-methyl/N-ethyl adjacent to an activating group) is 1. The SMILES string of the molecule is C[C@@H]1CN(C)[C@H](C(=O)O)C[Si]1. The van der Waals surface area contributed by atoms with E-state index in [2.05, 4.69) is 6.92 Å². The van der Waals surface area contributed by atoms with Gasteiger partial charge in [-0.25, -0.2) is 0 Å². The van der Waals surface area contributed by atoms with Gasteiger partial charge in [-0.15, -0.1) is 0 Å². The number of carboxylic acids is 1. The summed E-state index contributed by atoms with van der Waals surface area (Å²) in [5.41, 5.74) is 0.676. The van der Waals surface area contributed by atoms with Crippen LogP contribution in [-0.2, 0) is 4.79 Å². The Morgan fingerprint density at radius 2 is 2.36 bits per heavy atom. The van der Waals surface area contributed by atoms with E-state index in [1.165, 1.54) is 0 Å². The van der Waals surface area contributed by atoms with Crippen molar-refractivity contribution in [1.29, 1.82) is 0 Å². The molecule has 1 rings (SSSR count). The predicted octanol–water partition coefficient (Wildman–Crippen LogP) is 0.316. The number of hydrogen-bond acceptors (Lipinski definition) is 2. The standard InChI is InChI=1S/C7H13NO2Si/c1-5-3-8(2)6(4-11-5)7(9)10/h5-6H,3-4H2,1-2H3,(H,9,10)/t5-,6+/m1/s1. The van der Waals surface area contributed by atoms with Crippen molar-refractivity contribution in [2.45, 2.75) is 24.6 Å². The van der Waals surface area contributed by atoms with E-state index in [0.29, 0.717) is 5.54 Å². The zero-order valence-electron chi connectivity index (χ0n) is 6.87. The van der Waals surface area contributed by atoms with Crippen LogP contribution < -0.4 is 0 Å². The van der Waals surface area contributed by atoms with Gasteiger partial charge >= 0.3 is 5.97 Å². The molecule has 11 heavy (non-hydrogen) atoms. The summed E-state index contributed by atoms with van der Waals surface area (Å²) >= 11 is 0. The van der Waals surface area contributed by atoms with Crippen LogP contribution in [-0.4, -0.2) is 45.1 Å². The Labute approximate surface area is 69.2 Å². The minimum Gasteiger partial charge on any atom is -0.480 e. The van der Waals surface area contributed by atoms with Gasteiger partial charge in [0.1, 0.15) is 6.04 Å². The maximum atomic E-state index is 10.6. The summed E-state index contributed by atoms with van der Waals surface area (Å²) in [7, 11) is 2.70. The Morgan fingerprint density at radius 3 is 2.82 bits per heavy atom. The molecule has 1 heterocycles. The zero-order chi connectivity index (χ0) is 8.43. The molecule has 3 nitrogen and oxygen atoms in total. The van der Waals surface area contributed by atoms with Crippen molar-refractivity contribution in [2.24, 2.45) is 0 Å². The van der Waals surface area contributed by atoms with E-state index in [-0.39, 0.29) is 6.04 Å². The molecule has 0 aromatic carbocycles. The summed E-state index contributed by atoms with van der Waals surface area (Å²) in [6.45, 7) is 3.10. The van der Waals surface area contributed by atoms with Crippen LogP contribution in [0.15, 0.2) is 0 Å². The normalized spacial score (nSPS) is 33.6. The minimum atomic E-state index is -0.674. The van der Waals surface area contributed by atoms with E-state index in [1.54, 1.807) is 0 Å². The van der Waals surface area contributed by atoms with Crippen LogP contribution in [0.1, 0.15) is 6.92 Å². The Balaban J connectivity index is 2.50. The summed E-state index contributed by atoms with van der Waals surface area (Å²) in [5.74, 6) is -0.674. The maximum Gasteiger partial charge on any atom is 0.320 e. The molecule has 0 aromatic rings. The molecule has 1 saturated heterocycles. The first-order chi connectivity index (χ1) is 5.11. The molecule has 0 aromatic heterocycles. The molecule has 0 bridgehead atoms. The van der Waals surface area contributed by atoms with Crippen LogP contribution in [0.5, 0.6) is 0 Å². The van der Waals surface area contributed by atoms with Crippen LogP contribution in [0.3, 0.4) is 0 Å². The highest BCUT2D eigenvalue weighted by Crippen LogP contribution is 2.18. The monoisotopic (exact) mass is 171 g/mol. The van der Waals surface area contributed by atoms with Gasteiger partial charge in [-0.05, 0) is 25.2 Å². The fourth-order valence-electron chi connectivity index (χ4n) is 1.37. The highest BCUT2D eigenvalue weighted by atomic mass is 28.2. The van der Waals surface area contributed by atoms with Crippen molar-refractivity contribution in [3.8, 4) is 0 Å². The fraction of sp³-hybridized carbons (Fsp3) is 0.857. The molecule has 0 saturated carbocycles. The molecule has 1 aliphatic rings. The van der Waals surface area contributed by atoms with Gasteiger partial charge in [-0.3, -0.25) is 9.69 Å². The van der Waals surface area contributed by atoms with Crippen LogP contribution in [0.4, 0.5) is 0 Å². The quantitative estimate of drug-likeness (QED) is 0.577. The van der Waals surface area contributed by atoms with Gasteiger partial charge in [0.2, 0.25) is 0 Å². The molecule has 2 radical (unpaired) electrons. The molecule has 0 aliphatic carbocycles. The van der Waals surface area contributed by atoms with E-state index >= 15 is 0 Å². The highest BCUT2D eigenvalue weighted by Gasteiger charge is 2.28. The molecule has 62 valence electrons. The Morgan fingerprint density at radius 1 is 1.73 bits per heavy atom. The molecule has 4 heteroatoms. The average molecular weight is 171 g/mol. The average Bonchev–Trinajstić information content (AvgIpc) is 1.85. The van der Waals surface area contributed by atoms with Crippen LogP contribution >= 0.6 is 0 Å². The van der Waals surface area contributed by atoms with Crippen molar-refractivity contribution in [1.82, 2.24) is 4.90 Å². The number of carboxylic acid groups (broad SMARTS) is 1. The Bertz CT molecular complexity index is 163. The van der Waals surface area contributed by atoms with Gasteiger partial charge in [0.15, 0.2) is 0 Å². The number of rotatable bonds is 1. The Hall–Kier alpha value is -0.353. The molecule has 2 atom stereocenters. The first-order valence-corrected chi connectivity index (χ1v) is 5.06. The van der Waals surface area contributed by atoms with Gasteiger partial charge in [0.25, 0.3) is 0 Å². The zero-order valence-corrected chi connectivity index (χ0v) is 7.87. The van der Waals surface area contributed by atoms with Gasteiger partial charge < -0.3 is 5.11 Å². The predicted molar refractivity (Wildman–Crippen MR) is 44.0 cm³/mol. The van der Waals surface area contributed by atoms with Crippen LogP contribution in [0.2, 0.25) is 11.6 Å². The van der Waals surface area contributed by atoms with Crippen molar-refractivity contribution < 1.29 is 9.90 Å². The van der Waals surface area contributed by atoms with E-state index in [1.807, 2.05) is 11.9 Å². The lowest BCUT2D eigenvalue weighted by atomic mass is 10.2. The van der Waals surface area contributed by atoms with E-state index in [9.17, 15) is 4.79 Å². The van der Waals surface area contributed by atoms with Crippen molar-refractivity contribution in [3.63, 3.8) is 0 Å². The van der Waals surface area contributed by atoms with E-state index in [0.717, 1.165) is 22.1 Å². The molecule has 1 N–H and O–H groups in total. The van der Waals surface area contributed by atoms with Crippen molar-refractivity contribution >= 4 is 15.5 Å². The van der Waals surface area contributed by atoms with Crippen LogP contribution in [0, 0.1) is 0 Å². The fourth-order valence-corrected chi connectivity index (χ4v) is 2.90. The number of aliphatic carboxylic acids is 1. The van der Waals surface area contributed by atoms with E-state index < -0.39 is 5.97 Å².